The van der Waals surface area contributed by atoms with Gasteiger partial charge in [0.25, 0.3) is 5.91 Å². The summed E-state index contributed by atoms with van der Waals surface area (Å²) in [6.45, 7) is 11.3. The molecule has 1 aliphatic heterocycles. The maximum absolute atomic E-state index is 13.3. The van der Waals surface area contributed by atoms with Crippen molar-refractivity contribution in [2.45, 2.75) is 44.9 Å². The molecule has 1 fully saturated rings. The van der Waals surface area contributed by atoms with Crippen molar-refractivity contribution in [3.8, 4) is 0 Å². The number of piperazine rings is 1. The molecule has 0 aliphatic carbocycles. The average Bonchev–Trinajstić information content (AvgIpc) is 3.14. The Labute approximate surface area is 166 Å². The summed E-state index contributed by atoms with van der Waals surface area (Å²) in [5, 5.41) is 6.46. The van der Waals surface area contributed by atoms with Crippen LogP contribution in [0, 0.1) is 13.8 Å². The minimum atomic E-state index is -3.61. The average molecular weight is 405 g/mol. The predicted molar refractivity (Wildman–Crippen MR) is 108 cm³/mol. The normalized spacial score (nSPS) is 16.4. The van der Waals surface area contributed by atoms with Gasteiger partial charge in [-0.15, -0.1) is 0 Å². The molecule has 1 saturated heterocycles. The molecule has 1 N–H and O–H groups in total. The summed E-state index contributed by atoms with van der Waals surface area (Å²) in [5.41, 5.74) is 3.02. The van der Waals surface area contributed by atoms with Crippen molar-refractivity contribution in [2.75, 3.05) is 26.2 Å². The van der Waals surface area contributed by atoms with E-state index in [2.05, 4.69) is 31.0 Å². The van der Waals surface area contributed by atoms with Crippen LogP contribution in [0.2, 0.25) is 0 Å². The number of hydrogen-bond donors (Lipinski definition) is 1. The zero-order chi connectivity index (χ0) is 20.7. The number of hydrogen-bond acceptors (Lipinski definition) is 4. The minimum Gasteiger partial charge on any atom is -0.335 e. The topological polar surface area (TPSA) is 86.4 Å². The quantitative estimate of drug-likeness (QED) is 0.851. The van der Waals surface area contributed by atoms with E-state index in [9.17, 15) is 13.2 Å². The van der Waals surface area contributed by atoms with Crippen molar-refractivity contribution in [1.82, 2.24) is 19.4 Å². The summed E-state index contributed by atoms with van der Waals surface area (Å²) in [6, 6.07) is 5.56. The molecule has 0 radical (unpaired) electrons. The maximum atomic E-state index is 13.3. The van der Waals surface area contributed by atoms with Gasteiger partial charge in [-0.05, 0) is 42.0 Å². The summed E-state index contributed by atoms with van der Waals surface area (Å²) in [4.78, 5) is 14.5. The molecular weight excluding hydrogens is 376 g/mol. The van der Waals surface area contributed by atoms with Gasteiger partial charge < -0.3 is 4.90 Å². The lowest BCUT2D eigenvalue weighted by atomic mass is 9.85. The SMILES string of the molecule is Cc1cc(C(C)(C)C)cc(C)c1S(=O)(=O)N1CCN(C(=O)c2ccn[nH]2)CC1. The van der Waals surface area contributed by atoms with Gasteiger partial charge in [-0.25, -0.2) is 8.42 Å². The number of nitrogens with one attached hydrogen (secondary N) is 1. The van der Waals surface area contributed by atoms with Crippen molar-refractivity contribution < 1.29 is 13.2 Å². The number of H-pyrrole nitrogens is 1. The molecule has 3 rings (SSSR count). The second kappa shape index (κ2) is 7.33. The number of rotatable bonds is 3. The molecule has 0 spiro atoms. The lowest BCUT2D eigenvalue weighted by molar-refractivity contribution is 0.0692. The summed E-state index contributed by atoms with van der Waals surface area (Å²) in [5.74, 6) is -0.156. The number of aromatic amines is 1. The zero-order valence-electron chi connectivity index (χ0n) is 17.1. The lowest BCUT2D eigenvalue weighted by Crippen LogP contribution is -2.50. The molecule has 0 saturated carbocycles. The third-order valence-electron chi connectivity index (χ3n) is 5.18. The maximum Gasteiger partial charge on any atom is 0.271 e. The smallest absolute Gasteiger partial charge is 0.271 e. The summed E-state index contributed by atoms with van der Waals surface area (Å²) >= 11 is 0. The van der Waals surface area contributed by atoms with Crippen LogP contribution in [0.4, 0.5) is 0 Å². The molecule has 0 atom stereocenters. The van der Waals surface area contributed by atoms with E-state index in [1.54, 1.807) is 11.0 Å². The Morgan fingerprint density at radius 2 is 1.64 bits per heavy atom. The van der Waals surface area contributed by atoms with Crippen LogP contribution in [-0.4, -0.2) is 59.9 Å². The van der Waals surface area contributed by atoms with E-state index in [0.29, 0.717) is 23.7 Å². The van der Waals surface area contributed by atoms with Crippen LogP contribution >= 0.6 is 0 Å². The third kappa shape index (κ3) is 3.84. The van der Waals surface area contributed by atoms with Crippen molar-refractivity contribution in [1.29, 1.82) is 0 Å². The highest BCUT2D eigenvalue weighted by atomic mass is 32.2. The van der Waals surface area contributed by atoms with E-state index in [1.807, 2.05) is 26.0 Å². The van der Waals surface area contributed by atoms with Crippen molar-refractivity contribution in [3.05, 3.63) is 46.8 Å². The van der Waals surface area contributed by atoms with Crippen LogP contribution in [0.1, 0.15) is 48.0 Å². The van der Waals surface area contributed by atoms with Gasteiger partial charge in [-0.1, -0.05) is 32.9 Å². The second-order valence-electron chi connectivity index (χ2n) is 8.36. The van der Waals surface area contributed by atoms with Gasteiger partial charge in [-0.3, -0.25) is 9.89 Å². The van der Waals surface area contributed by atoms with Gasteiger partial charge in [0.05, 0.1) is 4.90 Å². The molecule has 8 heteroatoms. The predicted octanol–water partition coefficient (Wildman–Crippen LogP) is 2.47. The van der Waals surface area contributed by atoms with Gasteiger partial charge in [0.2, 0.25) is 10.0 Å². The number of nitrogens with zero attached hydrogens (tertiary/aromatic N) is 3. The minimum absolute atomic E-state index is 0.0452. The van der Waals surface area contributed by atoms with E-state index in [0.717, 1.165) is 16.7 Å². The van der Waals surface area contributed by atoms with Crippen LogP contribution in [0.25, 0.3) is 0 Å². The monoisotopic (exact) mass is 404 g/mol. The van der Waals surface area contributed by atoms with Crippen molar-refractivity contribution >= 4 is 15.9 Å². The van der Waals surface area contributed by atoms with E-state index >= 15 is 0 Å². The summed E-state index contributed by atoms with van der Waals surface area (Å²) < 4.78 is 28.1. The van der Waals surface area contributed by atoms with Crippen LogP contribution < -0.4 is 0 Å². The first-order chi connectivity index (χ1) is 13.0. The summed E-state index contributed by atoms with van der Waals surface area (Å²) in [6.07, 6.45) is 1.53. The number of carbonyl (C=O) groups excluding carboxylic acids is 1. The van der Waals surface area contributed by atoms with Gasteiger partial charge >= 0.3 is 0 Å². The Balaban J connectivity index is 1.80. The van der Waals surface area contributed by atoms with Crippen LogP contribution in [0.3, 0.4) is 0 Å². The number of benzene rings is 1. The second-order valence-corrected chi connectivity index (χ2v) is 10.2. The van der Waals surface area contributed by atoms with Crippen LogP contribution in [0.15, 0.2) is 29.3 Å². The first-order valence-electron chi connectivity index (χ1n) is 9.42. The Bertz CT molecular complexity index is 944. The molecule has 0 unspecified atom stereocenters. The fraction of sp³-hybridized carbons (Fsp3) is 0.500. The number of amides is 1. The van der Waals surface area contributed by atoms with Gasteiger partial charge in [-0.2, -0.15) is 9.40 Å². The Morgan fingerprint density at radius 1 is 1.07 bits per heavy atom. The van der Waals surface area contributed by atoms with E-state index in [4.69, 9.17) is 0 Å². The molecule has 2 heterocycles. The number of aromatic nitrogens is 2. The summed E-state index contributed by atoms with van der Waals surface area (Å²) in [7, 11) is -3.61. The molecule has 7 nitrogen and oxygen atoms in total. The highest BCUT2D eigenvalue weighted by Crippen LogP contribution is 2.31. The molecule has 28 heavy (non-hydrogen) atoms. The number of aryl methyl sites for hydroxylation is 2. The van der Waals surface area contributed by atoms with Crippen LogP contribution in [0.5, 0.6) is 0 Å². The Hall–Kier alpha value is -2.19. The van der Waals surface area contributed by atoms with Gasteiger partial charge in [0, 0.05) is 32.4 Å². The van der Waals surface area contributed by atoms with Crippen molar-refractivity contribution in [2.24, 2.45) is 0 Å². The fourth-order valence-electron chi connectivity index (χ4n) is 3.60. The largest absolute Gasteiger partial charge is 0.335 e. The van der Waals surface area contributed by atoms with E-state index in [-0.39, 0.29) is 24.4 Å². The Morgan fingerprint density at radius 3 is 2.11 bits per heavy atom. The molecule has 152 valence electrons. The van der Waals surface area contributed by atoms with Crippen molar-refractivity contribution in [3.63, 3.8) is 0 Å². The standard InChI is InChI=1S/C20H28N4O3S/c1-14-12-16(20(3,4)5)13-15(2)18(14)28(26,27)24-10-8-23(9-11-24)19(25)17-6-7-21-22-17/h6-7,12-13H,8-11H2,1-5H3,(H,21,22). The zero-order valence-corrected chi connectivity index (χ0v) is 17.9. The van der Waals surface area contributed by atoms with Gasteiger partial charge in [0.15, 0.2) is 0 Å². The lowest BCUT2D eigenvalue weighted by Gasteiger charge is -2.34. The van der Waals surface area contributed by atoms with E-state index < -0.39 is 10.0 Å². The Kier molecular flexibility index (Phi) is 5.38. The number of carbonyl (C=O) groups is 1. The highest BCUT2D eigenvalue weighted by molar-refractivity contribution is 7.89. The first-order valence-corrected chi connectivity index (χ1v) is 10.9. The van der Waals surface area contributed by atoms with Gasteiger partial charge in [0.1, 0.15) is 5.69 Å². The highest BCUT2D eigenvalue weighted by Gasteiger charge is 2.33. The van der Waals surface area contributed by atoms with Crippen LogP contribution in [-0.2, 0) is 15.4 Å². The molecule has 0 bridgehead atoms. The molecule has 1 aromatic heterocycles. The molecule has 1 aromatic carbocycles. The third-order valence-corrected chi connectivity index (χ3v) is 7.39. The molecule has 2 aromatic rings. The molecule has 1 amide bonds. The van der Waals surface area contributed by atoms with E-state index in [1.165, 1.54) is 10.5 Å². The fourth-order valence-corrected chi connectivity index (χ4v) is 5.43. The molecular formula is C20H28N4O3S. The number of sulfonamides is 1. The molecule has 1 aliphatic rings. The first kappa shape index (κ1) is 20.5.